The zero-order chi connectivity index (χ0) is 23.7. The number of rotatable bonds is 7. The molecule has 178 valence electrons. The van der Waals surface area contributed by atoms with Crippen molar-refractivity contribution in [3.63, 3.8) is 0 Å². The highest BCUT2D eigenvalue weighted by Gasteiger charge is 2.53. The average Bonchev–Trinajstić information content (AvgIpc) is 3.53. The Bertz CT molecular complexity index is 1190. The molecule has 3 N–H and O–H groups in total. The number of carboxylic acid groups (broad SMARTS) is 1. The molecular formula is C22H24N6O6. The first kappa shape index (κ1) is 22.2. The van der Waals surface area contributed by atoms with Crippen molar-refractivity contribution in [2.45, 2.75) is 50.6 Å². The fourth-order valence-corrected chi connectivity index (χ4v) is 4.27. The largest absolute Gasteiger partial charge is 0.481 e. The standard InChI is InChI=1S/C22H24N6O6/c1-2-23-22(31)27-18-15-19(25-10-24-18)28(11-26-15)20-17-16(13(32-20)8-9-14(29)30)33-21(34-17)12-6-4-3-5-7-12/h3-7,10-11,13,16-17,20-21H,2,8-9H2,1H3,(H,29,30)(H2,23,24,25,27,31)/t13?,16?,17?,20?,21-/m0/s1. The number of fused-ring (bicyclic) bond motifs is 2. The number of hydrogen-bond donors (Lipinski definition) is 3. The van der Waals surface area contributed by atoms with Crippen molar-refractivity contribution in [1.82, 2.24) is 24.8 Å². The van der Waals surface area contributed by atoms with Gasteiger partial charge >= 0.3 is 12.0 Å². The third-order valence-electron chi connectivity index (χ3n) is 5.76. The number of aromatic nitrogens is 4. The van der Waals surface area contributed by atoms with E-state index in [1.165, 1.54) is 6.33 Å². The molecule has 2 aliphatic heterocycles. The van der Waals surface area contributed by atoms with Crippen molar-refractivity contribution in [3.05, 3.63) is 48.5 Å². The number of imidazole rings is 1. The van der Waals surface area contributed by atoms with Gasteiger partial charge in [-0.2, -0.15) is 0 Å². The zero-order valence-corrected chi connectivity index (χ0v) is 18.3. The minimum atomic E-state index is -0.913. The maximum atomic E-state index is 12.0. The van der Waals surface area contributed by atoms with Gasteiger partial charge in [-0.3, -0.25) is 14.7 Å². The van der Waals surface area contributed by atoms with E-state index >= 15 is 0 Å². The predicted molar refractivity (Wildman–Crippen MR) is 118 cm³/mol. The quantitative estimate of drug-likeness (QED) is 0.474. The Morgan fingerprint density at radius 2 is 1.88 bits per heavy atom. The lowest BCUT2D eigenvalue weighted by Gasteiger charge is -2.21. The molecule has 0 radical (unpaired) electrons. The second-order valence-corrected chi connectivity index (χ2v) is 7.97. The molecule has 0 saturated carbocycles. The fraction of sp³-hybridized carbons (Fsp3) is 0.409. The Morgan fingerprint density at radius 3 is 2.65 bits per heavy atom. The molecular weight excluding hydrogens is 444 g/mol. The summed E-state index contributed by atoms with van der Waals surface area (Å²) in [5.41, 5.74) is 1.69. The summed E-state index contributed by atoms with van der Waals surface area (Å²) in [7, 11) is 0. The number of benzene rings is 1. The van der Waals surface area contributed by atoms with Crippen LogP contribution in [0.25, 0.3) is 11.2 Å². The highest BCUT2D eigenvalue weighted by Crippen LogP contribution is 2.45. The van der Waals surface area contributed by atoms with E-state index in [1.807, 2.05) is 37.3 Å². The number of carboxylic acids is 1. The van der Waals surface area contributed by atoms with Crippen LogP contribution >= 0.6 is 0 Å². The van der Waals surface area contributed by atoms with Crippen LogP contribution < -0.4 is 10.6 Å². The lowest BCUT2D eigenvalue weighted by Crippen LogP contribution is -2.29. The molecule has 12 heteroatoms. The number of amides is 2. The van der Waals surface area contributed by atoms with Crippen LogP contribution in [0.3, 0.4) is 0 Å². The molecule has 5 atom stereocenters. The van der Waals surface area contributed by atoms with Gasteiger partial charge in [-0.05, 0) is 13.3 Å². The first-order valence-corrected chi connectivity index (χ1v) is 11.0. The maximum absolute atomic E-state index is 12.0. The summed E-state index contributed by atoms with van der Waals surface area (Å²) in [5, 5.41) is 14.5. The lowest BCUT2D eigenvalue weighted by atomic mass is 10.1. The number of nitrogens with one attached hydrogen (secondary N) is 2. The minimum Gasteiger partial charge on any atom is -0.481 e. The van der Waals surface area contributed by atoms with E-state index < -0.39 is 42.8 Å². The summed E-state index contributed by atoms with van der Waals surface area (Å²) < 4.78 is 20.4. The lowest BCUT2D eigenvalue weighted by molar-refractivity contribution is -0.151. The average molecular weight is 468 g/mol. The van der Waals surface area contributed by atoms with Crippen molar-refractivity contribution in [2.24, 2.45) is 0 Å². The highest BCUT2D eigenvalue weighted by atomic mass is 16.8. The van der Waals surface area contributed by atoms with Crippen molar-refractivity contribution in [1.29, 1.82) is 0 Å². The van der Waals surface area contributed by atoms with Gasteiger partial charge in [-0.25, -0.2) is 19.7 Å². The number of ether oxygens (including phenoxy) is 3. The molecule has 4 unspecified atom stereocenters. The van der Waals surface area contributed by atoms with E-state index in [2.05, 4.69) is 25.6 Å². The second kappa shape index (κ2) is 9.33. The molecule has 12 nitrogen and oxygen atoms in total. The molecule has 0 spiro atoms. The van der Waals surface area contributed by atoms with Crippen LogP contribution in [0.5, 0.6) is 0 Å². The van der Waals surface area contributed by atoms with Gasteiger partial charge in [0.25, 0.3) is 0 Å². The summed E-state index contributed by atoms with van der Waals surface area (Å²) in [6.07, 6.45) is 0.337. The Morgan fingerprint density at radius 1 is 1.09 bits per heavy atom. The van der Waals surface area contributed by atoms with Gasteiger partial charge in [0, 0.05) is 18.5 Å². The Hall–Kier alpha value is -3.61. The second-order valence-electron chi connectivity index (χ2n) is 7.97. The van der Waals surface area contributed by atoms with Gasteiger partial charge in [-0.15, -0.1) is 0 Å². The molecule has 2 aromatic heterocycles. The third kappa shape index (κ3) is 4.18. The molecule has 2 aliphatic rings. The number of anilines is 1. The topological polar surface area (TPSA) is 150 Å². The number of nitrogens with zero attached hydrogens (tertiary/aromatic N) is 4. The third-order valence-corrected chi connectivity index (χ3v) is 5.76. The normalized spacial score (nSPS) is 25.9. The van der Waals surface area contributed by atoms with Crippen LogP contribution in [-0.4, -0.2) is 61.5 Å². The number of hydrogen-bond acceptors (Lipinski definition) is 8. The predicted octanol–water partition coefficient (Wildman–Crippen LogP) is 2.21. The Balaban J connectivity index is 1.45. The summed E-state index contributed by atoms with van der Waals surface area (Å²) in [5.74, 6) is -0.651. The SMILES string of the molecule is CCNC(=O)Nc1ncnc2c1ncn2C1OC(CCC(=O)O)C2O[C@H](c3ccccc3)OC21. The zero-order valence-electron chi connectivity index (χ0n) is 18.3. The first-order valence-electron chi connectivity index (χ1n) is 11.0. The summed E-state index contributed by atoms with van der Waals surface area (Å²) >= 11 is 0. The van der Waals surface area contributed by atoms with E-state index in [-0.39, 0.29) is 18.7 Å². The van der Waals surface area contributed by atoms with Gasteiger partial charge in [0.1, 0.15) is 18.5 Å². The van der Waals surface area contributed by atoms with Crippen LogP contribution in [0.2, 0.25) is 0 Å². The van der Waals surface area contributed by atoms with Crippen LogP contribution in [0.1, 0.15) is 37.8 Å². The van der Waals surface area contributed by atoms with Crippen LogP contribution in [0.15, 0.2) is 43.0 Å². The van der Waals surface area contributed by atoms with E-state index in [1.54, 1.807) is 10.9 Å². The molecule has 0 aliphatic carbocycles. The number of urea groups is 1. The smallest absolute Gasteiger partial charge is 0.320 e. The van der Waals surface area contributed by atoms with Gasteiger partial charge < -0.3 is 24.6 Å². The van der Waals surface area contributed by atoms with Crippen LogP contribution in [0, 0.1) is 0 Å². The Labute approximate surface area is 194 Å². The highest BCUT2D eigenvalue weighted by molar-refractivity contribution is 5.95. The first-order chi connectivity index (χ1) is 16.5. The molecule has 34 heavy (non-hydrogen) atoms. The van der Waals surface area contributed by atoms with E-state index in [0.717, 1.165) is 5.56 Å². The van der Waals surface area contributed by atoms with Gasteiger partial charge in [0.2, 0.25) is 0 Å². The van der Waals surface area contributed by atoms with Crippen LogP contribution in [-0.2, 0) is 19.0 Å². The maximum Gasteiger partial charge on any atom is 0.320 e. The monoisotopic (exact) mass is 468 g/mol. The van der Waals surface area contributed by atoms with E-state index in [4.69, 9.17) is 14.2 Å². The molecule has 2 amide bonds. The van der Waals surface area contributed by atoms with Crippen molar-refractivity contribution < 1.29 is 28.9 Å². The number of aliphatic carboxylic acids is 1. The summed E-state index contributed by atoms with van der Waals surface area (Å²) in [6, 6.07) is 9.12. The van der Waals surface area contributed by atoms with Crippen molar-refractivity contribution in [2.75, 3.05) is 11.9 Å². The summed E-state index contributed by atoms with van der Waals surface area (Å²) in [6.45, 7) is 2.27. The molecule has 3 aromatic rings. The molecule has 2 fully saturated rings. The number of carbonyl (C=O) groups excluding carboxylic acids is 1. The molecule has 2 saturated heterocycles. The van der Waals surface area contributed by atoms with Crippen molar-refractivity contribution >= 4 is 29.0 Å². The van der Waals surface area contributed by atoms with E-state index in [0.29, 0.717) is 17.7 Å². The fourth-order valence-electron chi connectivity index (χ4n) is 4.27. The van der Waals surface area contributed by atoms with Crippen LogP contribution in [0.4, 0.5) is 10.6 Å². The Kier molecular flexibility index (Phi) is 6.09. The van der Waals surface area contributed by atoms with Gasteiger partial charge in [0.05, 0.1) is 12.4 Å². The summed E-state index contributed by atoms with van der Waals surface area (Å²) in [4.78, 5) is 36.0. The molecule has 5 rings (SSSR count). The number of carbonyl (C=O) groups is 2. The van der Waals surface area contributed by atoms with E-state index in [9.17, 15) is 14.7 Å². The minimum absolute atomic E-state index is 0.0621. The van der Waals surface area contributed by atoms with Gasteiger partial charge in [-0.1, -0.05) is 30.3 Å². The van der Waals surface area contributed by atoms with Gasteiger partial charge in [0.15, 0.2) is 29.5 Å². The molecule has 4 heterocycles. The molecule has 0 bridgehead atoms. The van der Waals surface area contributed by atoms with Crippen molar-refractivity contribution in [3.8, 4) is 0 Å². The molecule has 1 aromatic carbocycles.